The number of carbonyl (C=O) groups excluding carboxylic acids is 2. The lowest BCUT2D eigenvalue weighted by Crippen LogP contribution is -2.32. The average molecular weight is 272 g/mol. The molecule has 17 heavy (non-hydrogen) atoms. The van der Waals surface area contributed by atoms with Crippen LogP contribution in [-0.4, -0.2) is 16.7 Å². The summed E-state index contributed by atoms with van der Waals surface area (Å²) >= 11 is 11.9. The summed E-state index contributed by atoms with van der Waals surface area (Å²) in [5.74, 6) is -0.392. The third-order valence-electron chi connectivity index (χ3n) is 2.87. The van der Waals surface area contributed by atoms with Crippen LogP contribution in [0.4, 0.5) is 0 Å². The fourth-order valence-corrected chi connectivity index (χ4v) is 2.68. The van der Waals surface area contributed by atoms with Gasteiger partial charge in [-0.3, -0.25) is 14.5 Å². The number of rotatable bonds is 1. The normalized spacial score (nSPS) is 19.8. The summed E-state index contributed by atoms with van der Waals surface area (Å²) in [6, 6.07) is 4.85. The predicted octanol–water partition coefficient (Wildman–Crippen LogP) is 3.20. The van der Waals surface area contributed by atoms with Crippen LogP contribution in [0.25, 0.3) is 0 Å². The minimum Gasteiger partial charge on any atom is -0.275 e. The van der Waals surface area contributed by atoms with E-state index in [0.717, 1.165) is 5.56 Å². The molecule has 1 atom stereocenters. The van der Waals surface area contributed by atoms with Crippen LogP contribution in [0.5, 0.6) is 0 Å². The summed E-state index contributed by atoms with van der Waals surface area (Å²) in [7, 11) is 0. The molecule has 0 radical (unpaired) electrons. The van der Waals surface area contributed by atoms with Crippen LogP contribution in [0.3, 0.4) is 0 Å². The number of hydrogen-bond donors (Lipinski definition) is 0. The molecule has 0 spiro atoms. The fourth-order valence-electron chi connectivity index (χ4n) is 2.14. The molecule has 3 nitrogen and oxygen atoms in total. The molecule has 1 aromatic rings. The highest BCUT2D eigenvalue weighted by molar-refractivity contribution is 6.35. The lowest BCUT2D eigenvalue weighted by atomic mass is 10.0. The van der Waals surface area contributed by atoms with E-state index in [-0.39, 0.29) is 17.9 Å². The van der Waals surface area contributed by atoms with Gasteiger partial charge in [0.25, 0.3) is 0 Å². The number of nitrogens with zero attached hydrogens (tertiary/aromatic N) is 1. The highest BCUT2D eigenvalue weighted by atomic mass is 35.5. The van der Waals surface area contributed by atoms with E-state index in [9.17, 15) is 9.59 Å². The van der Waals surface area contributed by atoms with Crippen molar-refractivity contribution in [1.82, 2.24) is 4.90 Å². The number of amides is 2. The maximum Gasteiger partial charge on any atom is 0.229 e. The third-order valence-corrected chi connectivity index (χ3v) is 3.44. The van der Waals surface area contributed by atoms with Crippen molar-refractivity contribution in [2.75, 3.05) is 0 Å². The van der Waals surface area contributed by atoms with Crippen molar-refractivity contribution < 1.29 is 9.59 Å². The number of imide groups is 1. The minimum absolute atomic E-state index is 0.145. The number of carbonyl (C=O) groups is 2. The lowest BCUT2D eigenvalue weighted by molar-refractivity contribution is -0.142. The summed E-state index contributed by atoms with van der Waals surface area (Å²) in [6.07, 6.45) is 0.989. The van der Waals surface area contributed by atoms with Crippen LogP contribution in [-0.2, 0) is 9.59 Å². The van der Waals surface area contributed by atoms with Crippen LogP contribution in [0.15, 0.2) is 18.2 Å². The molecular formula is C12H11Cl2NO2. The van der Waals surface area contributed by atoms with Gasteiger partial charge in [-0.1, -0.05) is 29.3 Å². The second kappa shape index (κ2) is 4.67. The first kappa shape index (κ1) is 12.4. The van der Waals surface area contributed by atoms with Gasteiger partial charge in [0.1, 0.15) is 0 Å². The van der Waals surface area contributed by atoms with Gasteiger partial charge in [-0.2, -0.15) is 0 Å². The van der Waals surface area contributed by atoms with Crippen molar-refractivity contribution in [2.24, 2.45) is 0 Å². The van der Waals surface area contributed by atoms with Gasteiger partial charge >= 0.3 is 0 Å². The van der Waals surface area contributed by atoms with Gasteiger partial charge < -0.3 is 0 Å². The summed E-state index contributed by atoms with van der Waals surface area (Å²) in [6.45, 7) is 1.39. The second-order valence-corrected chi connectivity index (χ2v) is 4.85. The number of likely N-dealkylation sites (tertiary alicyclic amines) is 1. The standard InChI is InChI=1S/C12H11Cl2NO2/c1-7(16)15-11(4-5-12(15)17)9-3-2-8(13)6-10(9)14/h2-3,6,11H,4-5H2,1H3. The van der Waals surface area contributed by atoms with Crippen LogP contribution in [0.2, 0.25) is 10.0 Å². The molecule has 0 aromatic heterocycles. The monoisotopic (exact) mass is 271 g/mol. The third kappa shape index (κ3) is 2.31. The van der Waals surface area contributed by atoms with E-state index in [1.807, 2.05) is 0 Å². The Balaban J connectivity index is 2.39. The van der Waals surface area contributed by atoms with Crippen LogP contribution >= 0.6 is 23.2 Å². The largest absolute Gasteiger partial charge is 0.275 e. The summed E-state index contributed by atoms with van der Waals surface area (Å²) in [5.41, 5.74) is 0.775. The molecule has 1 aliphatic heterocycles. The maximum absolute atomic E-state index is 11.6. The number of halogens is 2. The molecule has 0 N–H and O–H groups in total. The Morgan fingerprint density at radius 2 is 2.12 bits per heavy atom. The molecule has 0 saturated carbocycles. The zero-order valence-corrected chi connectivity index (χ0v) is 10.8. The Labute approximate surface area is 109 Å². The van der Waals surface area contributed by atoms with E-state index in [1.165, 1.54) is 11.8 Å². The highest BCUT2D eigenvalue weighted by Crippen LogP contribution is 2.37. The predicted molar refractivity (Wildman–Crippen MR) is 66.0 cm³/mol. The molecule has 0 aliphatic carbocycles. The van der Waals surface area contributed by atoms with Crippen LogP contribution in [0.1, 0.15) is 31.4 Å². The molecular weight excluding hydrogens is 261 g/mol. The minimum atomic E-state index is -0.259. The molecule has 1 unspecified atom stereocenters. The van der Waals surface area contributed by atoms with Gasteiger partial charge in [0.2, 0.25) is 11.8 Å². The van der Waals surface area contributed by atoms with Gasteiger partial charge in [-0.05, 0) is 24.1 Å². The van der Waals surface area contributed by atoms with E-state index in [1.54, 1.807) is 18.2 Å². The van der Waals surface area contributed by atoms with Crippen molar-refractivity contribution in [2.45, 2.75) is 25.8 Å². The van der Waals surface area contributed by atoms with Gasteiger partial charge in [0, 0.05) is 23.4 Å². The van der Waals surface area contributed by atoms with Crippen molar-refractivity contribution >= 4 is 35.0 Å². The fraction of sp³-hybridized carbons (Fsp3) is 0.333. The first-order valence-electron chi connectivity index (χ1n) is 5.28. The Morgan fingerprint density at radius 1 is 1.41 bits per heavy atom. The molecule has 0 bridgehead atoms. The Hall–Kier alpha value is -1.06. The SMILES string of the molecule is CC(=O)N1C(=O)CCC1c1ccc(Cl)cc1Cl. The molecule has 5 heteroatoms. The summed E-state index contributed by atoms with van der Waals surface area (Å²) in [4.78, 5) is 24.3. The van der Waals surface area contributed by atoms with Crippen LogP contribution < -0.4 is 0 Å². The average Bonchev–Trinajstić information content (AvgIpc) is 2.60. The van der Waals surface area contributed by atoms with Gasteiger partial charge in [-0.25, -0.2) is 0 Å². The van der Waals surface area contributed by atoms with E-state index in [2.05, 4.69) is 0 Å². The smallest absolute Gasteiger partial charge is 0.229 e. The topological polar surface area (TPSA) is 37.4 Å². The molecule has 1 aromatic carbocycles. The zero-order valence-electron chi connectivity index (χ0n) is 9.24. The summed E-state index contributed by atoms with van der Waals surface area (Å²) < 4.78 is 0. The molecule has 1 aliphatic rings. The Morgan fingerprint density at radius 3 is 2.71 bits per heavy atom. The summed E-state index contributed by atoms with van der Waals surface area (Å²) in [5, 5.41) is 1.03. The van der Waals surface area contributed by atoms with E-state index in [0.29, 0.717) is 22.9 Å². The van der Waals surface area contributed by atoms with E-state index < -0.39 is 0 Å². The molecule has 90 valence electrons. The van der Waals surface area contributed by atoms with E-state index in [4.69, 9.17) is 23.2 Å². The number of benzene rings is 1. The van der Waals surface area contributed by atoms with Crippen molar-refractivity contribution in [1.29, 1.82) is 0 Å². The van der Waals surface area contributed by atoms with Gasteiger partial charge in [-0.15, -0.1) is 0 Å². The Kier molecular flexibility index (Phi) is 3.40. The molecule has 2 amide bonds. The van der Waals surface area contributed by atoms with Gasteiger partial charge in [0.15, 0.2) is 0 Å². The first-order valence-corrected chi connectivity index (χ1v) is 6.04. The second-order valence-electron chi connectivity index (χ2n) is 4.00. The zero-order chi connectivity index (χ0) is 12.6. The van der Waals surface area contributed by atoms with E-state index >= 15 is 0 Å². The highest BCUT2D eigenvalue weighted by Gasteiger charge is 2.35. The molecule has 1 fully saturated rings. The quantitative estimate of drug-likeness (QED) is 0.787. The molecule has 1 saturated heterocycles. The molecule has 2 rings (SSSR count). The first-order chi connectivity index (χ1) is 8.00. The van der Waals surface area contributed by atoms with Crippen molar-refractivity contribution in [3.63, 3.8) is 0 Å². The van der Waals surface area contributed by atoms with Crippen molar-refractivity contribution in [3.8, 4) is 0 Å². The maximum atomic E-state index is 11.6. The van der Waals surface area contributed by atoms with Gasteiger partial charge in [0.05, 0.1) is 6.04 Å². The lowest BCUT2D eigenvalue weighted by Gasteiger charge is -2.22. The Bertz CT molecular complexity index is 487. The van der Waals surface area contributed by atoms with Crippen molar-refractivity contribution in [3.05, 3.63) is 33.8 Å². The number of hydrogen-bond acceptors (Lipinski definition) is 2. The van der Waals surface area contributed by atoms with Crippen LogP contribution in [0, 0.1) is 0 Å². The molecule has 1 heterocycles.